The van der Waals surface area contributed by atoms with Gasteiger partial charge < -0.3 is 16.8 Å². The number of anilines is 1. The molecule has 0 bridgehead atoms. The Morgan fingerprint density at radius 3 is 2.30 bits per heavy atom. The number of carbonyl (C=O) groups excluding carboxylic acids is 3. The van der Waals surface area contributed by atoms with Gasteiger partial charge in [0.1, 0.15) is 11.2 Å². The van der Waals surface area contributed by atoms with Crippen molar-refractivity contribution < 1.29 is 14.4 Å². The third-order valence-electron chi connectivity index (χ3n) is 2.55. The number of thiophene rings is 1. The van der Waals surface area contributed by atoms with Crippen LogP contribution in [0.2, 0.25) is 0 Å². The van der Waals surface area contributed by atoms with Crippen LogP contribution >= 0.6 is 11.3 Å². The summed E-state index contributed by atoms with van der Waals surface area (Å²) in [4.78, 5) is 33.8. The van der Waals surface area contributed by atoms with E-state index in [1.54, 1.807) is 30.3 Å². The Morgan fingerprint density at radius 1 is 1.15 bits per heavy atom. The van der Waals surface area contributed by atoms with Gasteiger partial charge >= 0.3 is 6.03 Å². The van der Waals surface area contributed by atoms with Crippen molar-refractivity contribution in [1.82, 2.24) is 0 Å². The number of hydrogen-bond acceptors (Lipinski definition) is 4. The van der Waals surface area contributed by atoms with Gasteiger partial charge in [0.2, 0.25) is 0 Å². The van der Waals surface area contributed by atoms with Gasteiger partial charge in [-0.25, -0.2) is 4.79 Å². The third-order valence-corrected chi connectivity index (χ3v) is 3.74. The Kier molecular flexibility index (Phi) is 3.81. The second-order valence-corrected chi connectivity index (χ2v) is 5.00. The van der Waals surface area contributed by atoms with Crippen molar-refractivity contribution in [3.8, 4) is 10.4 Å². The number of aldehydes is 1. The molecule has 0 radical (unpaired) electrons. The largest absolute Gasteiger partial charge is 0.365 e. The number of benzene rings is 1. The minimum atomic E-state index is -0.770. The fourth-order valence-corrected chi connectivity index (χ4v) is 2.64. The first-order valence-electron chi connectivity index (χ1n) is 5.57. The van der Waals surface area contributed by atoms with Gasteiger partial charge in [-0.3, -0.25) is 9.59 Å². The van der Waals surface area contributed by atoms with Crippen molar-refractivity contribution in [1.29, 1.82) is 0 Å². The number of amides is 3. The van der Waals surface area contributed by atoms with Gasteiger partial charge in [-0.05, 0) is 11.6 Å². The lowest BCUT2D eigenvalue weighted by Gasteiger charge is -1.99. The van der Waals surface area contributed by atoms with E-state index in [0.29, 0.717) is 5.56 Å². The first-order chi connectivity index (χ1) is 9.51. The monoisotopic (exact) mass is 289 g/mol. The zero-order chi connectivity index (χ0) is 14.7. The lowest BCUT2D eigenvalue weighted by molar-refractivity contribution is 0.100. The van der Waals surface area contributed by atoms with E-state index in [0.717, 1.165) is 28.1 Å². The highest BCUT2D eigenvalue weighted by Gasteiger charge is 2.15. The molecule has 3 amide bonds. The molecule has 2 rings (SSSR count). The summed E-state index contributed by atoms with van der Waals surface area (Å²) in [6.45, 7) is 0. The maximum atomic E-state index is 11.3. The van der Waals surface area contributed by atoms with Crippen molar-refractivity contribution in [3.63, 3.8) is 0 Å². The molecule has 0 aliphatic heterocycles. The van der Waals surface area contributed by atoms with Gasteiger partial charge in [0, 0.05) is 10.4 Å². The highest BCUT2D eigenvalue weighted by molar-refractivity contribution is 7.18. The van der Waals surface area contributed by atoms with Crippen LogP contribution in [0.15, 0.2) is 30.3 Å². The molecule has 0 fully saturated rings. The van der Waals surface area contributed by atoms with Crippen LogP contribution in [0.4, 0.5) is 10.5 Å². The molecular formula is C13H11N3O3S. The molecule has 102 valence electrons. The van der Waals surface area contributed by atoms with Gasteiger partial charge in [0.25, 0.3) is 5.91 Å². The Hall–Kier alpha value is -2.67. The summed E-state index contributed by atoms with van der Waals surface area (Å²) in [5.41, 5.74) is 11.9. The molecule has 6 nitrogen and oxygen atoms in total. The normalized spacial score (nSPS) is 10.0. The molecule has 0 unspecified atom stereocenters. The molecule has 0 saturated carbocycles. The average molecular weight is 289 g/mol. The number of urea groups is 1. The highest BCUT2D eigenvalue weighted by Crippen LogP contribution is 2.34. The van der Waals surface area contributed by atoms with E-state index in [4.69, 9.17) is 11.5 Å². The minimum absolute atomic E-state index is 0.221. The van der Waals surface area contributed by atoms with Crippen molar-refractivity contribution in [2.75, 3.05) is 5.32 Å². The minimum Gasteiger partial charge on any atom is -0.365 e. The topological polar surface area (TPSA) is 115 Å². The van der Waals surface area contributed by atoms with Gasteiger partial charge in [-0.1, -0.05) is 24.3 Å². The van der Waals surface area contributed by atoms with E-state index < -0.39 is 11.9 Å². The van der Waals surface area contributed by atoms with E-state index in [9.17, 15) is 14.4 Å². The molecule has 0 saturated heterocycles. The zero-order valence-corrected chi connectivity index (χ0v) is 11.1. The third kappa shape index (κ3) is 2.83. The van der Waals surface area contributed by atoms with Gasteiger partial charge in [-0.2, -0.15) is 0 Å². The van der Waals surface area contributed by atoms with Crippen LogP contribution < -0.4 is 16.8 Å². The first kappa shape index (κ1) is 13.8. The number of nitrogens with two attached hydrogens (primary N) is 2. The summed E-state index contributed by atoms with van der Waals surface area (Å²) in [6, 6.07) is 7.65. The average Bonchev–Trinajstić information content (AvgIpc) is 2.82. The zero-order valence-electron chi connectivity index (χ0n) is 10.3. The highest BCUT2D eigenvalue weighted by atomic mass is 32.1. The molecule has 1 aromatic heterocycles. The van der Waals surface area contributed by atoms with E-state index in [1.165, 1.54) is 0 Å². The van der Waals surface area contributed by atoms with Crippen molar-refractivity contribution in [3.05, 3.63) is 40.8 Å². The second-order valence-electron chi connectivity index (χ2n) is 3.95. The summed E-state index contributed by atoms with van der Waals surface area (Å²) in [7, 11) is 0. The molecule has 0 atom stereocenters. The molecule has 7 heteroatoms. The van der Waals surface area contributed by atoms with Crippen LogP contribution in [0.25, 0.3) is 10.4 Å². The number of primary amides is 2. The van der Waals surface area contributed by atoms with E-state index in [2.05, 4.69) is 5.32 Å². The lowest BCUT2D eigenvalue weighted by atomic mass is 10.1. The number of hydrogen-bond donors (Lipinski definition) is 3. The van der Waals surface area contributed by atoms with Crippen LogP contribution in [0.3, 0.4) is 0 Å². The van der Waals surface area contributed by atoms with Gasteiger partial charge in [-0.15, -0.1) is 11.3 Å². The summed E-state index contributed by atoms with van der Waals surface area (Å²) < 4.78 is 0. The summed E-state index contributed by atoms with van der Waals surface area (Å²) >= 11 is 1.14. The lowest BCUT2D eigenvalue weighted by Crippen LogP contribution is -2.21. The molecule has 0 aliphatic rings. The van der Waals surface area contributed by atoms with Crippen molar-refractivity contribution >= 4 is 35.2 Å². The van der Waals surface area contributed by atoms with Crippen LogP contribution in [-0.2, 0) is 0 Å². The predicted octanol–water partition coefficient (Wildman–Crippen LogP) is 1.82. The second kappa shape index (κ2) is 5.54. The van der Waals surface area contributed by atoms with E-state index in [1.807, 2.05) is 0 Å². The van der Waals surface area contributed by atoms with Crippen LogP contribution in [0, 0.1) is 0 Å². The van der Waals surface area contributed by atoms with Gasteiger partial charge in [0.05, 0.1) is 5.69 Å². The van der Waals surface area contributed by atoms with Crippen molar-refractivity contribution in [2.24, 2.45) is 11.5 Å². The fraction of sp³-hybridized carbons (Fsp3) is 0. The summed E-state index contributed by atoms with van der Waals surface area (Å²) in [5.74, 6) is -0.644. The Morgan fingerprint density at radius 2 is 1.80 bits per heavy atom. The maximum Gasteiger partial charge on any atom is 0.316 e. The fourth-order valence-electron chi connectivity index (χ4n) is 1.67. The van der Waals surface area contributed by atoms with Crippen LogP contribution in [0.1, 0.15) is 20.0 Å². The van der Waals surface area contributed by atoms with E-state index >= 15 is 0 Å². The molecular weight excluding hydrogens is 278 g/mol. The number of carbonyl (C=O) groups is 3. The smallest absolute Gasteiger partial charge is 0.316 e. The SMILES string of the molecule is NC(=O)Nc1cc(-c2ccc(C=O)cc2)sc1C(N)=O. The molecule has 5 N–H and O–H groups in total. The molecule has 2 aromatic rings. The van der Waals surface area contributed by atoms with Crippen molar-refractivity contribution in [2.45, 2.75) is 0 Å². The molecule has 1 heterocycles. The quantitative estimate of drug-likeness (QED) is 0.745. The number of nitrogens with one attached hydrogen (secondary N) is 1. The van der Waals surface area contributed by atoms with Crippen LogP contribution in [0.5, 0.6) is 0 Å². The summed E-state index contributed by atoms with van der Waals surface area (Å²) in [5, 5.41) is 2.36. The Balaban J connectivity index is 2.43. The van der Waals surface area contributed by atoms with E-state index in [-0.39, 0.29) is 10.6 Å². The molecule has 0 spiro atoms. The molecule has 1 aromatic carbocycles. The summed E-state index contributed by atoms with van der Waals surface area (Å²) in [6.07, 6.45) is 0.743. The maximum absolute atomic E-state index is 11.3. The molecule has 0 aliphatic carbocycles. The van der Waals surface area contributed by atoms with Crippen LogP contribution in [-0.4, -0.2) is 18.2 Å². The predicted molar refractivity (Wildman–Crippen MR) is 76.9 cm³/mol. The van der Waals surface area contributed by atoms with Gasteiger partial charge in [0.15, 0.2) is 0 Å². The first-order valence-corrected chi connectivity index (χ1v) is 6.38. The standard InChI is InChI=1S/C13H11N3O3S/c14-12(18)11-9(16-13(15)19)5-10(20-11)8-3-1-7(6-17)2-4-8/h1-6H,(H2,14,18)(H3,15,16,19). The molecule has 20 heavy (non-hydrogen) atoms. The number of rotatable bonds is 4. The Labute approximate surface area is 118 Å². The Bertz CT molecular complexity index is 677.